The number of hydrogen-bond donors (Lipinski definition) is 5. The fourth-order valence-corrected chi connectivity index (χ4v) is 9.54. The van der Waals surface area contributed by atoms with Gasteiger partial charge >= 0.3 is 41.5 Å². The average Bonchev–Trinajstić information content (AvgIpc) is 3.34. The average molecular weight is 1050 g/mol. The van der Waals surface area contributed by atoms with Crippen molar-refractivity contribution >= 4 is 24.3 Å². The van der Waals surface area contributed by atoms with Gasteiger partial charge in [0.2, 0.25) is 6.29 Å². The van der Waals surface area contributed by atoms with E-state index < -0.39 is 86.6 Å². The molecule has 0 saturated carbocycles. The van der Waals surface area contributed by atoms with E-state index in [0.29, 0.717) is 6.42 Å². The van der Waals surface area contributed by atoms with Gasteiger partial charge in [-0.1, -0.05) is 214 Å². The van der Waals surface area contributed by atoms with Gasteiger partial charge < -0.3 is 54.5 Å². The van der Waals surface area contributed by atoms with Crippen molar-refractivity contribution < 1.29 is 107 Å². The number of hydrogen-bond acceptors (Lipinski definition) is 17. The molecule has 71 heavy (non-hydrogen) atoms. The summed E-state index contributed by atoms with van der Waals surface area (Å²) in [7, 11) is 0. The van der Waals surface area contributed by atoms with E-state index in [-0.39, 0.29) is 67.2 Å². The standard InChI is InChI=1S/C52H96O16S.CH4.Na/c1-5-7-9-11-13-15-17-19-20-21-23-24-26-28-30-32-34-39(3)36-40(4)50(59)64-47-45(57)42(38-54)62-52(65-51-48(66-69-68-67-60)46(58)44(56)41(37-53)61-51)49(47)63-43(55)35-33-31-29-27-25-22-18-16-14-12-10-8-6-2;;/h36,39,41-42,44-49,51-54,56-58,60H,5-35,37-38H2,1-4H3;1H4;/q;;+1/p-1/b40-36+;;/t39-,41?,42?,44?,45?,46?,47?,48?,49?,51?,52?;;/m1../s1. The van der Waals surface area contributed by atoms with Gasteiger partial charge in [-0.15, -0.1) is 4.33 Å². The van der Waals surface area contributed by atoms with Gasteiger partial charge in [0.25, 0.3) is 0 Å². The van der Waals surface area contributed by atoms with Gasteiger partial charge in [0.1, 0.15) is 30.5 Å². The normalized spacial score (nSPS) is 25.0. The fourth-order valence-electron chi connectivity index (χ4n) is 9.19. The molecule has 18 heteroatoms. The van der Waals surface area contributed by atoms with E-state index in [9.17, 15) is 40.4 Å². The number of carbonyl (C=O) groups is 2. The number of aliphatic hydroxyl groups excluding tert-OH is 5. The van der Waals surface area contributed by atoms with Gasteiger partial charge in [0.05, 0.1) is 13.2 Å². The molecule has 0 aromatic heterocycles. The van der Waals surface area contributed by atoms with Crippen LogP contribution in [0.25, 0.3) is 0 Å². The first kappa shape index (κ1) is 70.5. The fraction of sp³-hybridized carbons (Fsp3) is 0.925. The Bertz CT molecular complexity index is 1300. The largest absolute Gasteiger partial charge is 1.00 e. The molecule has 2 saturated heterocycles. The first-order valence-electron chi connectivity index (χ1n) is 27.1. The van der Waals surface area contributed by atoms with E-state index in [4.69, 9.17) is 27.9 Å². The van der Waals surface area contributed by atoms with Gasteiger partial charge in [0.15, 0.2) is 36.9 Å². The predicted molar refractivity (Wildman–Crippen MR) is 269 cm³/mol. The number of ether oxygens (including phenoxy) is 5. The zero-order chi connectivity index (χ0) is 50.5. The number of allylic oxidation sites excluding steroid dienone is 1. The first-order chi connectivity index (χ1) is 33.5. The molecule has 0 amide bonds. The minimum Gasteiger partial charge on any atom is -0.691 e. The number of carbonyl (C=O) groups excluding carboxylic acids is 2. The molecule has 11 atom stereocenters. The van der Waals surface area contributed by atoms with Crippen LogP contribution in [-0.4, -0.2) is 112 Å². The van der Waals surface area contributed by atoms with Crippen LogP contribution in [0.3, 0.4) is 0 Å². The molecule has 2 aliphatic rings. The Morgan fingerprint density at radius 2 is 1.00 bits per heavy atom. The van der Waals surface area contributed by atoms with Crippen molar-refractivity contribution in [3.05, 3.63) is 11.6 Å². The second kappa shape index (κ2) is 45.7. The number of rotatable bonds is 43. The third kappa shape index (κ3) is 30.8. The maximum Gasteiger partial charge on any atom is 1.00 e. The molecule has 0 spiro atoms. The molecule has 0 aromatic carbocycles. The summed E-state index contributed by atoms with van der Waals surface area (Å²) >= 11 is 0.000533. The van der Waals surface area contributed by atoms with Gasteiger partial charge in [-0.05, 0) is 25.7 Å². The molecule has 2 aliphatic heterocycles. The van der Waals surface area contributed by atoms with Crippen LogP contribution >= 0.6 is 12.3 Å². The van der Waals surface area contributed by atoms with E-state index in [1.807, 2.05) is 13.0 Å². The van der Waals surface area contributed by atoms with Crippen LogP contribution in [0.4, 0.5) is 0 Å². The number of unbranched alkanes of at least 4 members (excludes halogenated alkanes) is 27. The maximum absolute atomic E-state index is 13.7. The minimum atomic E-state index is -1.79. The van der Waals surface area contributed by atoms with Crippen LogP contribution in [0, 0.1) is 5.92 Å². The second-order valence-corrected chi connectivity index (χ2v) is 20.0. The SMILES string of the molecule is C.CCCCCCCCCCCCCCCCCC[C@@H](C)/C=C(\C)C(=O)OC1C(O)C(CO)OC(OC2OC(CO)C(O)C(O)C2OSOO[O-])C1OC(=O)CCCCCCCCCCCCCCC.[Na+]. The molecule has 10 unspecified atom stereocenters. The Hall–Kier alpha value is -0.450. The van der Waals surface area contributed by atoms with Crippen molar-refractivity contribution in [1.29, 1.82) is 0 Å². The summed E-state index contributed by atoms with van der Waals surface area (Å²) in [6.07, 6.45) is 21.6. The topological polar surface area (TPSA) is 232 Å². The summed E-state index contributed by atoms with van der Waals surface area (Å²) in [6.45, 7) is 6.58. The summed E-state index contributed by atoms with van der Waals surface area (Å²) < 4.78 is 38.9. The quantitative estimate of drug-likeness (QED) is 0.00798. The van der Waals surface area contributed by atoms with E-state index in [1.165, 1.54) is 141 Å². The summed E-state index contributed by atoms with van der Waals surface area (Å²) in [5.74, 6) is -1.42. The zero-order valence-corrected chi connectivity index (χ0v) is 46.7. The van der Waals surface area contributed by atoms with E-state index in [2.05, 4.69) is 23.2 Å². The smallest absolute Gasteiger partial charge is 0.691 e. The molecule has 2 fully saturated rings. The predicted octanol–water partition coefficient (Wildman–Crippen LogP) is 6.87. The second-order valence-electron chi connectivity index (χ2n) is 19.6. The van der Waals surface area contributed by atoms with Crippen molar-refractivity contribution in [3.8, 4) is 0 Å². The number of aliphatic hydroxyl groups is 5. The van der Waals surface area contributed by atoms with Gasteiger partial charge in [-0.3, -0.25) is 14.0 Å². The molecule has 0 radical (unpaired) electrons. The molecule has 0 aromatic rings. The Kier molecular flexibility index (Phi) is 45.4. The molecular formula is C53H99NaO16S. The summed E-state index contributed by atoms with van der Waals surface area (Å²) in [4.78, 5) is 27.2. The van der Waals surface area contributed by atoms with Gasteiger partial charge in [-0.25, -0.2) is 4.79 Å². The molecule has 2 heterocycles. The first-order valence-corrected chi connectivity index (χ1v) is 27.8. The zero-order valence-electron chi connectivity index (χ0n) is 43.9. The maximum atomic E-state index is 13.7. The minimum absolute atomic E-state index is 0. The van der Waals surface area contributed by atoms with E-state index >= 15 is 0 Å². The van der Waals surface area contributed by atoms with Crippen LogP contribution < -0.4 is 34.8 Å². The molecule has 16 nitrogen and oxygen atoms in total. The van der Waals surface area contributed by atoms with Gasteiger partial charge in [0, 0.05) is 12.0 Å². The van der Waals surface area contributed by atoms with E-state index in [0.717, 1.165) is 44.9 Å². The van der Waals surface area contributed by atoms with Crippen LogP contribution in [-0.2, 0) is 46.8 Å². The summed E-state index contributed by atoms with van der Waals surface area (Å²) in [5, 5.41) is 66.9. The van der Waals surface area contributed by atoms with Crippen molar-refractivity contribution in [1.82, 2.24) is 0 Å². The Labute approximate surface area is 455 Å². The van der Waals surface area contributed by atoms with E-state index in [1.54, 1.807) is 6.92 Å². The molecule has 2 rings (SSSR count). The van der Waals surface area contributed by atoms with Crippen LogP contribution in [0.1, 0.15) is 234 Å². The Balaban J connectivity index is 0.0000245. The third-order valence-corrected chi connectivity index (χ3v) is 13.9. The molecule has 5 N–H and O–H groups in total. The summed E-state index contributed by atoms with van der Waals surface area (Å²) in [6, 6.07) is 0. The van der Waals surface area contributed by atoms with Crippen molar-refractivity contribution in [2.75, 3.05) is 13.2 Å². The van der Waals surface area contributed by atoms with Crippen molar-refractivity contribution in [3.63, 3.8) is 0 Å². The molecule has 414 valence electrons. The van der Waals surface area contributed by atoms with Crippen LogP contribution in [0.15, 0.2) is 11.6 Å². The van der Waals surface area contributed by atoms with Crippen molar-refractivity contribution in [2.45, 2.75) is 296 Å². The Morgan fingerprint density at radius 3 is 1.44 bits per heavy atom. The Morgan fingerprint density at radius 1 is 0.592 bits per heavy atom. The molecule has 0 aliphatic carbocycles. The van der Waals surface area contributed by atoms with Crippen LogP contribution in [0.2, 0.25) is 0 Å². The van der Waals surface area contributed by atoms with Crippen molar-refractivity contribution in [2.24, 2.45) is 5.92 Å². The monoisotopic (exact) mass is 1050 g/mol. The summed E-state index contributed by atoms with van der Waals surface area (Å²) in [5.41, 5.74) is 0.275. The van der Waals surface area contributed by atoms with Gasteiger partial charge in [-0.2, -0.15) is 0 Å². The molecule has 0 bridgehead atoms. The third-order valence-electron chi connectivity index (χ3n) is 13.5. The van der Waals surface area contributed by atoms with Crippen LogP contribution in [0.5, 0.6) is 0 Å². The number of esters is 2. The molecular weight excluding hydrogens is 948 g/mol.